The normalized spacial score (nSPS) is 16.5. The van der Waals surface area contributed by atoms with Gasteiger partial charge in [-0.3, -0.25) is 33.6 Å². The Kier molecular flexibility index (Phi) is 21.7. The van der Waals surface area contributed by atoms with Crippen LogP contribution in [0.2, 0.25) is 0 Å². The second kappa shape index (κ2) is 26.3. The summed E-state index contributed by atoms with van der Waals surface area (Å²) >= 11 is 0. The van der Waals surface area contributed by atoms with E-state index in [0.29, 0.717) is 70.6 Å². The van der Waals surface area contributed by atoms with Gasteiger partial charge in [0, 0.05) is 45.4 Å². The number of ketones is 1. The van der Waals surface area contributed by atoms with E-state index in [0.717, 1.165) is 42.4 Å². The van der Waals surface area contributed by atoms with E-state index in [9.17, 15) is 33.6 Å². The SMILES string of the molecule is CC[C@H](N)C(=O)N[C@@H](Cc1ccc(OC)cc1)C(=O)N1CCC[C@@]1(C)C(=O)NCCc1ccc(CN(CCCCCCN)C(=O)CCC(=O)N[C@@H](C)C(=O)N[C@H](CC)C(C)=O)cc1. The Morgan fingerprint density at radius 2 is 1.46 bits per heavy atom. The monoisotopic (exact) mass is 877 g/mol. The molecule has 6 amide bonds. The molecule has 0 radical (unpaired) electrons. The number of likely N-dealkylation sites (tertiary alicyclic amines) is 1. The first-order valence-electron chi connectivity index (χ1n) is 22.5. The Bertz CT molecular complexity index is 1820. The van der Waals surface area contributed by atoms with Crippen molar-refractivity contribution in [2.24, 2.45) is 11.5 Å². The first-order chi connectivity index (χ1) is 30.1. The van der Waals surface area contributed by atoms with Crippen LogP contribution in [0.25, 0.3) is 0 Å². The minimum atomic E-state index is -1.11. The van der Waals surface area contributed by atoms with E-state index in [1.165, 1.54) is 13.8 Å². The standard InChI is InChI=1S/C47H72N8O8/c1-7-38(49)44(60)53-40(30-35-18-20-37(63-6)21-19-35)45(61)55-29-13-25-47(55,5)46(62)50-27-24-34-14-16-36(17-15-34)31-54(28-12-10-9-11-26-48)42(58)23-22-41(57)51-32(3)43(59)52-39(8-2)33(4)56/h14-21,32,38-40H,7-13,22-31,48-49H2,1-6H3,(H,50,62)(H,51,57)(H,52,59)(H,53,60)/t32-,38-,39+,40-,47-/m0/s1. The van der Waals surface area contributed by atoms with E-state index in [1.54, 1.807) is 49.8 Å². The number of Topliss-reactive ketones (excluding diaryl/α,β-unsaturated/α-hetero) is 1. The van der Waals surface area contributed by atoms with Gasteiger partial charge in [0.1, 0.15) is 23.4 Å². The van der Waals surface area contributed by atoms with Gasteiger partial charge in [0.2, 0.25) is 35.4 Å². The van der Waals surface area contributed by atoms with Crippen LogP contribution < -0.4 is 37.5 Å². The van der Waals surface area contributed by atoms with Gasteiger partial charge >= 0.3 is 0 Å². The van der Waals surface area contributed by atoms with Crippen molar-refractivity contribution in [3.8, 4) is 5.75 Å². The zero-order valence-corrected chi connectivity index (χ0v) is 38.3. The Hall–Kier alpha value is -5.35. The van der Waals surface area contributed by atoms with Crippen LogP contribution in [0.15, 0.2) is 48.5 Å². The van der Waals surface area contributed by atoms with Gasteiger partial charge in [0.25, 0.3) is 0 Å². The number of nitrogens with zero attached hydrogens (tertiary/aromatic N) is 2. The first kappa shape index (κ1) is 52.0. The number of amides is 6. The van der Waals surface area contributed by atoms with Gasteiger partial charge in [0.05, 0.1) is 19.2 Å². The van der Waals surface area contributed by atoms with Crippen molar-refractivity contribution in [3.63, 3.8) is 0 Å². The summed E-state index contributed by atoms with van der Waals surface area (Å²) in [4.78, 5) is 94.7. The van der Waals surface area contributed by atoms with E-state index in [-0.39, 0.29) is 42.8 Å². The average molecular weight is 877 g/mol. The molecular weight excluding hydrogens is 805 g/mol. The molecule has 1 aliphatic heterocycles. The highest BCUT2D eigenvalue weighted by molar-refractivity contribution is 5.96. The number of benzene rings is 2. The molecule has 1 fully saturated rings. The molecule has 1 saturated heterocycles. The third-order valence-electron chi connectivity index (χ3n) is 11.8. The Morgan fingerprint density at radius 3 is 2.08 bits per heavy atom. The lowest BCUT2D eigenvalue weighted by Gasteiger charge is -2.36. The van der Waals surface area contributed by atoms with Crippen molar-refractivity contribution in [2.45, 2.75) is 148 Å². The molecule has 8 N–H and O–H groups in total. The molecule has 0 bridgehead atoms. The maximum atomic E-state index is 14.2. The topological polar surface area (TPSA) is 235 Å². The van der Waals surface area contributed by atoms with Crippen molar-refractivity contribution in [3.05, 3.63) is 65.2 Å². The molecule has 0 unspecified atom stereocenters. The molecule has 0 saturated carbocycles. The van der Waals surface area contributed by atoms with Crippen molar-refractivity contribution in [2.75, 3.05) is 33.3 Å². The highest BCUT2D eigenvalue weighted by Crippen LogP contribution is 2.30. The van der Waals surface area contributed by atoms with Crippen molar-refractivity contribution in [1.29, 1.82) is 0 Å². The molecule has 348 valence electrons. The van der Waals surface area contributed by atoms with Gasteiger partial charge in [-0.05, 0) is 101 Å². The Balaban J connectivity index is 1.60. The van der Waals surface area contributed by atoms with E-state index in [4.69, 9.17) is 16.2 Å². The second-order valence-electron chi connectivity index (χ2n) is 16.7. The molecule has 0 spiro atoms. The molecule has 63 heavy (non-hydrogen) atoms. The number of nitrogens with two attached hydrogens (primary N) is 2. The average Bonchev–Trinajstić information content (AvgIpc) is 3.68. The Morgan fingerprint density at radius 1 is 0.825 bits per heavy atom. The summed E-state index contributed by atoms with van der Waals surface area (Å²) in [6, 6.07) is 11.9. The summed E-state index contributed by atoms with van der Waals surface area (Å²) in [5.74, 6) is -1.60. The molecule has 16 heteroatoms. The summed E-state index contributed by atoms with van der Waals surface area (Å²) in [5, 5.41) is 11.2. The fourth-order valence-corrected chi connectivity index (χ4v) is 7.58. The highest BCUT2D eigenvalue weighted by Gasteiger charge is 2.47. The van der Waals surface area contributed by atoms with Crippen LogP contribution in [0.4, 0.5) is 0 Å². The van der Waals surface area contributed by atoms with Crippen LogP contribution in [-0.2, 0) is 52.9 Å². The summed E-state index contributed by atoms with van der Waals surface area (Å²) in [5.41, 5.74) is 13.3. The number of carbonyl (C=O) groups is 7. The number of rotatable bonds is 27. The van der Waals surface area contributed by atoms with Crippen LogP contribution in [0, 0.1) is 0 Å². The zero-order chi connectivity index (χ0) is 46.5. The molecule has 2 aromatic carbocycles. The third kappa shape index (κ3) is 16.4. The molecule has 0 aliphatic carbocycles. The lowest BCUT2D eigenvalue weighted by molar-refractivity contribution is -0.146. The zero-order valence-electron chi connectivity index (χ0n) is 38.3. The molecule has 5 atom stereocenters. The number of carbonyl (C=O) groups excluding carboxylic acids is 7. The lowest BCUT2D eigenvalue weighted by atomic mass is 9.95. The van der Waals surface area contributed by atoms with Gasteiger partial charge in [-0.1, -0.05) is 63.1 Å². The van der Waals surface area contributed by atoms with Crippen LogP contribution in [0.3, 0.4) is 0 Å². The highest BCUT2D eigenvalue weighted by atomic mass is 16.5. The fraction of sp³-hybridized carbons (Fsp3) is 0.596. The maximum absolute atomic E-state index is 14.2. The molecule has 2 aromatic rings. The number of unbranched alkanes of at least 4 members (excludes halogenated alkanes) is 3. The van der Waals surface area contributed by atoms with E-state index < -0.39 is 47.4 Å². The predicted octanol–water partition coefficient (Wildman–Crippen LogP) is 2.82. The van der Waals surface area contributed by atoms with Crippen LogP contribution >= 0.6 is 0 Å². The molecule has 0 aromatic heterocycles. The van der Waals surface area contributed by atoms with Crippen LogP contribution in [-0.4, -0.2) is 114 Å². The maximum Gasteiger partial charge on any atom is 0.246 e. The summed E-state index contributed by atoms with van der Waals surface area (Å²) in [6.45, 7) is 10.5. The summed E-state index contributed by atoms with van der Waals surface area (Å²) < 4.78 is 5.27. The van der Waals surface area contributed by atoms with Crippen LogP contribution in [0.5, 0.6) is 5.75 Å². The summed E-state index contributed by atoms with van der Waals surface area (Å²) in [6.07, 6.45) is 6.16. The van der Waals surface area contributed by atoms with Gasteiger partial charge in [-0.2, -0.15) is 0 Å². The van der Waals surface area contributed by atoms with E-state index in [1.807, 2.05) is 36.4 Å². The van der Waals surface area contributed by atoms with Gasteiger partial charge < -0.3 is 47.3 Å². The second-order valence-corrected chi connectivity index (χ2v) is 16.7. The smallest absolute Gasteiger partial charge is 0.246 e. The van der Waals surface area contributed by atoms with Crippen LogP contribution in [0.1, 0.15) is 116 Å². The number of ether oxygens (including phenoxy) is 1. The minimum Gasteiger partial charge on any atom is -0.497 e. The molecule has 1 aliphatic rings. The Labute approximate surface area is 373 Å². The predicted molar refractivity (Wildman–Crippen MR) is 242 cm³/mol. The lowest BCUT2D eigenvalue weighted by Crippen LogP contribution is -2.61. The van der Waals surface area contributed by atoms with E-state index in [2.05, 4.69) is 21.3 Å². The molecule has 3 rings (SSSR count). The van der Waals surface area contributed by atoms with Gasteiger partial charge in [-0.15, -0.1) is 0 Å². The van der Waals surface area contributed by atoms with Gasteiger partial charge in [0.15, 0.2) is 5.78 Å². The number of hydrogen-bond acceptors (Lipinski definition) is 10. The third-order valence-corrected chi connectivity index (χ3v) is 11.8. The van der Waals surface area contributed by atoms with Crippen molar-refractivity contribution in [1.82, 2.24) is 31.1 Å². The fourth-order valence-electron chi connectivity index (χ4n) is 7.58. The quantitative estimate of drug-likeness (QED) is 0.0719. The summed E-state index contributed by atoms with van der Waals surface area (Å²) in [7, 11) is 1.57. The molecule has 16 nitrogen and oxygen atoms in total. The first-order valence-corrected chi connectivity index (χ1v) is 22.5. The van der Waals surface area contributed by atoms with E-state index >= 15 is 0 Å². The number of methoxy groups -OCH3 is 1. The van der Waals surface area contributed by atoms with Crippen molar-refractivity contribution >= 4 is 41.2 Å². The van der Waals surface area contributed by atoms with Crippen molar-refractivity contribution < 1.29 is 38.3 Å². The number of nitrogens with one attached hydrogen (secondary N) is 4. The molecule has 1 heterocycles. The minimum absolute atomic E-state index is 0.0291. The van der Waals surface area contributed by atoms with Gasteiger partial charge in [-0.25, -0.2) is 0 Å². The largest absolute Gasteiger partial charge is 0.497 e. The number of hydrogen-bond donors (Lipinski definition) is 6. The molecular formula is C47H72N8O8.